The molecule has 1 aliphatic rings. The highest BCUT2D eigenvalue weighted by Crippen LogP contribution is 2.27. The van der Waals surface area contributed by atoms with E-state index in [9.17, 15) is 0 Å². The summed E-state index contributed by atoms with van der Waals surface area (Å²) in [7, 11) is 0. The van der Waals surface area contributed by atoms with E-state index in [1.54, 1.807) is 17.5 Å². The van der Waals surface area contributed by atoms with Gasteiger partial charge in [-0.3, -0.25) is 4.98 Å². The number of anilines is 2. The molecule has 1 saturated heterocycles. The van der Waals surface area contributed by atoms with E-state index >= 15 is 0 Å². The van der Waals surface area contributed by atoms with E-state index in [0.717, 1.165) is 41.0 Å². The maximum atomic E-state index is 4.68. The van der Waals surface area contributed by atoms with Crippen LogP contribution in [0.1, 0.15) is 24.8 Å². The van der Waals surface area contributed by atoms with Gasteiger partial charge in [-0.2, -0.15) is 0 Å². The molecule has 1 aliphatic heterocycles. The second kappa shape index (κ2) is 7.59. The highest BCUT2D eigenvalue weighted by Gasteiger charge is 2.15. The molecule has 7 heteroatoms. The Hall–Kier alpha value is -2.93. The first-order valence-electron chi connectivity index (χ1n) is 9.70. The van der Waals surface area contributed by atoms with Gasteiger partial charge in [0.05, 0.1) is 11.9 Å². The average Bonchev–Trinajstić information content (AvgIpc) is 3.33. The van der Waals surface area contributed by atoms with Crippen LogP contribution in [0.3, 0.4) is 0 Å². The number of nitrogens with one attached hydrogen (secondary N) is 1. The lowest BCUT2D eigenvalue weighted by atomic mass is 10.1. The first-order chi connectivity index (χ1) is 13.9. The smallest absolute Gasteiger partial charge is 0.214 e. The largest absolute Gasteiger partial charge is 0.371 e. The van der Waals surface area contributed by atoms with E-state index in [-0.39, 0.29) is 0 Å². The van der Waals surface area contributed by atoms with Crippen molar-refractivity contribution < 1.29 is 0 Å². The molecule has 5 rings (SSSR count). The maximum Gasteiger partial charge on any atom is 0.214 e. The number of nitrogens with zero attached hydrogens (tertiary/aromatic N) is 5. The minimum absolute atomic E-state index is 0.763. The summed E-state index contributed by atoms with van der Waals surface area (Å²) < 4.78 is 1.84. The number of hydrogen-bond acceptors (Lipinski definition) is 6. The van der Waals surface area contributed by atoms with Crippen molar-refractivity contribution in [2.75, 3.05) is 23.3 Å². The van der Waals surface area contributed by atoms with Crippen LogP contribution in [0.4, 0.5) is 10.8 Å². The summed E-state index contributed by atoms with van der Waals surface area (Å²) in [5.74, 6) is 0. The van der Waals surface area contributed by atoms with Crippen LogP contribution in [-0.2, 0) is 6.54 Å². The lowest BCUT2D eigenvalue weighted by Crippen LogP contribution is -2.30. The molecule has 6 nitrogen and oxygen atoms in total. The zero-order valence-electron chi connectivity index (χ0n) is 15.6. The average molecular weight is 391 g/mol. The number of imidazole rings is 1. The van der Waals surface area contributed by atoms with Gasteiger partial charge in [0.2, 0.25) is 10.1 Å². The van der Waals surface area contributed by atoms with E-state index in [4.69, 9.17) is 0 Å². The fourth-order valence-electron chi connectivity index (χ4n) is 3.70. The Balaban J connectivity index is 1.32. The number of hydrogen-bond donors (Lipinski definition) is 1. The van der Waals surface area contributed by atoms with Crippen molar-refractivity contribution in [3.8, 4) is 11.3 Å². The van der Waals surface area contributed by atoms with Crippen molar-refractivity contribution in [2.24, 2.45) is 0 Å². The molecule has 4 heterocycles. The van der Waals surface area contributed by atoms with Gasteiger partial charge < -0.3 is 10.2 Å². The first kappa shape index (κ1) is 17.2. The first-order valence-corrected chi connectivity index (χ1v) is 10.5. The number of piperidine rings is 1. The lowest BCUT2D eigenvalue weighted by Gasteiger charge is -2.30. The fourth-order valence-corrected chi connectivity index (χ4v) is 4.48. The minimum atomic E-state index is 0.763. The van der Waals surface area contributed by atoms with Crippen molar-refractivity contribution >= 4 is 27.1 Å². The molecule has 3 aromatic heterocycles. The Morgan fingerprint density at radius 3 is 2.75 bits per heavy atom. The van der Waals surface area contributed by atoms with Crippen LogP contribution in [0.2, 0.25) is 0 Å². The third-order valence-corrected chi connectivity index (χ3v) is 6.00. The van der Waals surface area contributed by atoms with Gasteiger partial charge in [0, 0.05) is 43.3 Å². The molecule has 0 spiro atoms. The molecule has 1 fully saturated rings. The number of pyridine rings is 1. The summed E-state index contributed by atoms with van der Waals surface area (Å²) in [6, 6.07) is 12.6. The van der Waals surface area contributed by atoms with E-state index in [1.165, 1.54) is 30.5 Å². The zero-order chi connectivity index (χ0) is 18.8. The molecular formula is C21H22N6S. The zero-order valence-corrected chi connectivity index (χ0v) is 16.4. The van der Waals surface area contributed by atoms with E-state index in [1.807, 2.05) is 29.0 Å². The van der Waals surface area contributed by atoms with Crippen LogP contribution in [0.25, 0.3) is 16.2 Å². The van der Waals surface area contributed by atoms with Gasteiger partial charge in [0.15, 0.2) is 0 Å². The topological polar surface area (TPSA) is 58.4 Å². The monoisotopic (exact) mass is 390 g/mol. The van der Waals surface area contributed by atoms with Gasteiger partial charge >= 0.3 is 0 Å². The van der Waals surface area contributed by atoms with Crippen LogP contribution in [0.5, 0.6) is 0 Å². The molecule has 0 unspecified atom stereocenters. The van der Waals surface area contributed by atoms with E-state index in [0.29, 0.717) is 0 Å². The number of benzene rings is 1. The van der Waals surface area contributed by atoms with Gasteiger partial charge in [-0.1, -0.05) is 29.5 Å². The Kier molecular flexibility index (Phi) is 4.66. The van der Waals surface area contributed by atoms with Crippen LogP contribution in [-0.4, -0.2) is 32.7 Å². The molecule has 0 saturated carbocycles. The Bertz CT molecular complexity index is 1030. The van der Waals surface area contributed by atoms with Gasteiger partial charge in [-0.25, -0.2) is 9.50 Å². The van der Waals surface area contributed by atoms with Crippen molar-refractivity contribution in [2.45, 2.75) is 25.8 Å². The number of rotatable bonds is 5. The maximum absolute atomic E-state index is 4.68. The molecule has 0 amide bonds. The summed E-state index contributed by atoms with van der Waals surface area (Å²) in [4.78, 5) is 12.2. The van der Waals surface area contributed by atoms with Crippen LogP contribution in [0, 0.1) is 0 Å². The summed E-state index contributed by atoms with van der Waals surface area (Å²) in [6.07, 6.45) is 9.45. The molecule has 0 radical (unpaired) electrons. The molecule has 142 valence electrons. The SMILES string of the molecule is c1cncc(-c2cn3nc(NCc4ccccc4N4CCCCC4)sc3n2)c1. The third-order valence-electron chi connectivity index (χ3n) is 5.12. The Morgan fingerprint density at radius 1 is 1.04 bits per heavy atom. The highest BCUT2D eigenvalue weighted by molar-refractivity contribution is 7.20. The van der Waals surface area contributed by atoms with E-state index < -0.39 is 0 Å². The van der Waals surface area contributed by atoms with Crippen molar-refractivity contribution in [3.63, 3.8) is 0 Å². The van der Waals surface area contributed by atoms with Crippen molar-refractivity contribution in [1.29, 1.82) is 0 Å². The third kappa shape index (κ3) is 3.45. The second-order valence-electron chi connectivity index (χ2n) is 7.03. The minimum Gasteiger partial charge on any atom is -0.371 e. The summed E-state index contributed by atoms with van der Waals surface area (Å²) >= 11 is 1.57. The second-order valence-corrected chi connectivity index (χ2v) is 7.99. The predicted molar refractivity (Wildman–Crippen MR) is 114 cm³/mol. The van der Waals surface area contributed by atoms with Gasteiger partial charge in [0.25, 0.3) is 0 Å². The molecule has 0 aliphatic carbocycles. The quantitative estimate of drug-likeness (QED) is 0.545. The normalized spacial score (nSPS) is 14.5. The summed E-state index contributed by atoms with van der Waals surface area (Å²) in [5.41, 5.74) is 4.56. The van der Waals surface area contributed by atoms with Gasteiger partial charge in [0.1, 0.15) is 0 Å². The summed E-state index contributed by atoms with van der Waals surface area (Å²) in [6.45, 7) is 3.07. The molecule has 0 bridgehead atoms. The van der Waals surface area contributed by atoms with Gasteiger partial charge in [-0.05, 0) is 43.0 Å². The molecular weight excluding hydrogens is 368 g/mol. The van der Waals surface area contributed by atoms with Crippen molar-refractivity contribution in [1.82, 2.24) is 19.6 Å². The van der Waals surface area contributed by atoms with Crippen LogP contribution < -0.4 is 10.2 Å². The number of fused-ring (bicyclic) bond motifs is 1. The lowest BCUT2D eigenvalue weighted by molar-refractivity contribution is 0.576. The molecule has 4 aromatic rings. The Morgan fingerprint density at radius 2 is 1.93 bits per heavy atom. The van der Waals surface area contributed by atoms with Crippen LogP contribution >= 0.6 is 11.3 Å². The Labute approximate surface area is 167 Å². The van der Waals surface area contributed by atoms with E-state index in [2.05, 4.69) is 49.5 Å². The standard InChI is InChI=1S/C21H22N6S/c1-4-11-26(12-5-1)19-9-3-2-7-17(19)14-23-20-25-27-15-18(24-21(27)28-20)16-8-6-10-22-13-16/h2-3,6-10,13,15H,1,4-5,11-12,14H2,(H,23,25). The summed E-state index contributed by atoms with van der Waals surface area (Å²) in [5, 5.41) is 9.01. The molecule has 1 aromatic carbocycles. The van der Waals surface area contributed by atoms with Gasteiger partial charge in [-0.15, -0.1) is 5.10 Å². The molecule has 1 N–H and O–H groups in total. The fraction of sp³-hybridized carbons (Fsp3) is 0.286. The number of para-hydroxylation sites is 1. The van der Waals surface area contributed by atoms with Crippen LogP contribution in [0.15, 0.2) is 55.0 Å². The molecule has 0 atom stereocenters. The predicted octanol–water partition coefficient (Wildman–Crippen LogP) is 4.46. The molecule has 28 heavy (non-hydrogen) atoms. The van der Waals surface area contributed by atoms with Crippen molar-refractivity contribution in [3.05, 3.63) is 60.6 Å². The number of aromatic nitrogens is 4. The highest BCUT2D eigenvalue weighted by atomic mass is 32.1.